The third-order valence-electron chi connectivity index (χ3n) is 2.50. The van der Waals surface area contributed by atoms with E-state index in [9.17, 15) is 8.78 Å². The first-order valence-corrected chi connectivity index (χ1v) is 6.85. The fourth-order valence-electron chi connectivity index (χ4n) is 1.51. The lowest BCUT2D eigenvalue weighted by atomic mass is 10.2. The Bertz CT molecular complexity index is 620. The molecule has 0 atom stereocenters. The van der Waals surface area contributed by atoms with Crippen LogP contribution < -0.4 is 5.32 Å². The number of hydrogen-bond donors (Lipinski definition) is 1. The van der Waals surface area contributed by atoms with E-state index in [1.807, 2.05) is 0 Å². The van der Waals surface area contributed by atoms with Gasteiger partial charge < -0.3 is 5.32 Å². The number of halogens is 5. The summed E-state index contributed by atoms with van der Waals surface area (Å²) in [5.41, 5.74) is 1.23. The van der Waals surface area contributed by atoms with Gasteiger partial charge in [0, 0.05) is 11.0 Å². The second kappa shape index (κ2) is 6.07. The summed E-state index contributed by atoms with van der Waals surface area (Å²) in [6.07, 6.45) is 0. The Labute approximate surface area is 127 Å². The van der Waals surface area contributed by atoms with Crippen LogP contribution in [-0.2, 0) is 6.54 Å². The predicted octanol–water partition coefficient (Wildman–Crippen LogP) is 5.65. The van der Waals surface area contributed by atoms with Crippen molar-refractivity contribution in [2.45, 2.75) is 6.54 Å². The Morgan fingerprint density at radius 1 is 1.00 bits per heavy atom. The standard InChI is InChI=1S/C13H8BrCl2F2N/c14-8-2-4-11(13(16)12(8)15)19-6-7-1-3-9(17)10(18)5-7/h1-5,19H,6H2. The lowest BCUT2D eigenvalue weighted by molar-refractivity contribution is 0.507. The van der Waals surface area contributed by atoms with E-state index < -0.39 is 11.6 Å². The van der Waals surface area contributed by atoms with Crippen LogP contribution in [0.2, 0.25) is 10.0 Å². The van der Waals surface area contributed by atoms with Gasteiger partial charge in [-0.05, 0) is 45.8 Å². The van der Waals surface area contributed by atoms with Crippen LogP contribution in [0.3, 0.4) is 0 Å². The Morgan fingerprint density at radius 3 is 2.42 bits per heavy atom. The third kappa shape index (κ3) is 3.38. The summed E-state index contributed by atoms with van der Waals surface area (Å²) >= 11 is 15.3. The van der Waals surface area contributed by atoms with Gasteiger partial charge in [-0.25, -0.2) is 8.78 Å². The maximum atomic E-state index is 13.0. The molecule has 2 aromatic carbocycles. The molecular formula is C13H8BrCl2F2N. The van der Waals surface area contributed by atoms with Crippen LogP contribution in [0.5, 0.6) is 0 Å². The first-order valence-electron chi connectivity index (χ1n) is 5.30. The van der Waals surface area contributed by atoms with E-state index in [1.165, 1.54) is 6.07 Å². The van der Waals surface area contributed by atoms with Crippen LogP contribution in [0.1, 0.15) is 5.56 Å². The Balaban J connectivity index is 2.14. The van der Waals surface area contributed by atoms with Crippen molar-refractivity contribution < 1.29 is 8.78 Å². The van der Waals surface area contributed by atoms with Gasteiger partial charge in [-0.15, -0.1) is 0 Å². The van der Waals surface area contributed by atoms with Gasteiger partial charge in [0.05, 0.1) is 15.7 Å². The van der Waals surface area contributed by atoms with E-state index in [0.29, 0.717) is 32.3 Å². The van der Waals surface area contributed by atoms with Crippen molar-refractivity contribution in [1.82, 2.24) is 0 Å². The second-order valence-corrected chi connectivity index (χ2v) is 5.44. The summed E-state index contributed by atoms with van der Waals surface area (Å²) in [7, 11) is 0. The van der Waals surface area contributed by atoms with E-state index in [2.05, 4.69) is 21.2 Å². The predicted molar refractivity (Wildman–Crippen MR) is 77.8 cm³/mol. The number of hydrogen-bond acceptors (Lipinski definition) is 1. The van der Waals surface area contributed by atoms with Crippen molar-refractivity contribution in [2.24, 2.45) is 0 Å². The molecule has 0 saturated heterocycles. The smallest absolute Gasteiger partial charge is 0.159 e. The van der Waals surface area contributed by atoms with Crippen LogP contribution in [0.25, 0.3) is 0 Å². The molecule has 1 nitrogen and oxygen atoms in total. The molecule has 0 unspecified atom stereocenters. The van der Waals surface area contributed by atoms with Crippen LogP contribution >= 0.6 is 39.1 Å². The lowest BCUT2D eigenvalue weighted by Gasteiger charge is -2.10. The van der Waals surface area contributed by atoms with E-state index >= 15 is 0 Å². The molecule has 0 spiro atoms. The quantitative estimate of drug-likeness (QED) is 0.692. The van der Waals surface area contributed by atoms with Gasteiger partial charge in [0.2, 0.25) is 0 Å². The maximum absolute atomic E-state index is 13.0. The first-order chi connectivity index (χ1) is 8.99. The molecule has 0 fully saturated rings. The van der Waals surface area contributed by atoms with Crippen LogP contribution in [0, 0.1) is 11.6 Å². The number of rotatable bonds is 3. The first kappa shape index (κ1) is 14.6. The number of benzene rings is 2. The highest BCUT2D eigenvalue weighted by Gasteiger charge is 2.08. The SMILES string of the molecule is Fc1ccc(CNc2ccc(Br)c(Cl)c2Cl)cc1F. The summed E-state index contributed by atoms with van der Waals surface area (Å²) in [5.74, 6) is -1.74. The molecule has 0 aromatic heterocycles. The van der Waals surface area contributed by atoms with Gasteiger partial charge >= 0.3 is 0 Å². The highest BCUT2D eigenvalue weighted by molar-refractivity contribution is 9.10. The molecule has 100 valence electrons. The lowest BCUT2D eigenvalue weighted by Crippen LogP contribution is -2.01. The summed E-state index contributed by atoms with van der Waals surface area (Å²) < 4.78 is 26.5. The topological polar surface area (TPSA) is 12.0 Å². The molecule has 6 heteroatoms. The molecule has 0 aliphatic heterocycles. The summed E-state index contributed by atoms with van der Waals surface area (Å²) in [5, 5.41) is 3.79. The molecule has 0 aliphatic rings. The second-order valence-electron chi connectivity index (χ2n) is 3.82. The summed E-state index contributed by atoms with van der Waals surface area (Å²) in [4.78, 5) is 0. The average Bonchev–Trinajstić information content (AvgIpc) is 2.39. The monoisotopic (exact) mass is 365 g/mol. The summed E-state index contributed by atoms with van der Waals surface area (Å²) in [6, 6.07) is 7.22. The van der Waals surface area contributed by atoms with Crippen molar-refractivity contribution in [3.05, 3.63) is 62.0 Å². The Morgan fingerprint density at radius 2 is 1.74 bits per heavy atom. The minimum absolute atomic E-state index is 0.314. The van der Waals surface area contributed by atoms with Crippen molar-refractivity contribution in [2.75, 3.05) is 5.32 Å². The molecule has 0 amide bonds. The largest absolute Gasteiger partial charge is 0.380 e. The summed E-state index contributed by atoms with van der Waals surface area (Å²) in [6.45, 7) is 0.314. The highest BCUT2D eigenvalue weighted by Crippen LogP contribution is 2.35. The van der Waals surface area contributed by atoms with Crippen LogP contribution in [0.4, 0.5) is 14.5 Å². The molecule has 0 radical (unpaired) electrons. The van der Waals surface area contributed by atoms with Gasteiger partial charge in [0.1, 0.15) is 0 Å². The molecule has 0 saturated carbocycles. The minimum Gasteiger partial charge on any atom is -0.380 e. The zero-order chi connectivity index (χ0) is 14.0. The average molecular weight is 367 g/mol. The van der Waals surface area contributed by atoms with E-state index in [0.717, 1.165) is 12.1 Å². The van der Waals surface area contributed by atoms with Gasteiger partial charge in [0.15, 0.2) is 11.6 Å². The normalized spacial score (nSPS) is 10.6. The molecule has 0 aliphatic carbocycles. The molecular weight excluding hydrogens is 359 g/mol. The molecule has 0 bridgehead atoms. The van der Waals surface area contributed by atoms with E-state index in [-0.39, 0.29) is 0 Å². The van der Waals surface area contributed by atoms with Gasteiger partial charge in [-0.3, -0.25) is 0 Å². The number of nitrogens with one attached hydrogen (secondary N) is 1. The molecule has 0 heterocycles. The maximum Gasteiger partial charge on any atom is 0.159 e. The number of anilines is 1. The molecule has 1 N–H and O–H groups in total. The molecule has 19 heavy (non-hydrogen) atoms. The molecule has 2 rings (SSSR count). The van der Waals surface area contributed by atoms with Crippen LogP contribution in [0.15, 0.2) is 34.8 Å². The Hall–Kier alpha value is -0.840. The van der Waals surface area contributed by atoms with Crippen molar-refractivity contribution in [3.8, 4) is 0 Å². The molecule has 2 aromatic rings. The minimum atomic E-state index is -0.876. The fraction of sp³-hybridized carbons (Fsp3) is 0.0769. The van der Waals surface area contributed by atoms with E-state index in [1.54, 1.807) is 12.1 Å². The van der Waals surface area contributed by atoms with Crippen molar-refractivity contribution >= 4 is 44.8 Å². The van der Waals surface area contributed by atoms with Gasteiger partial charge in [-0.2, -0.15) is 0 Å². The van der Waals surface area contributed by atoms with Gasteiger partial charge in [-0.1, -0.05) is 29.3 Å². The van der Waals surface area contributed by atoms with E-state index in [4.69, 9.17) is 23.2 Å². The Kier molecular flexibility index (Phi) is 4.66. The zero-order valence-corrected chi connectivity index (χ0v) is 12.6. The zero-order valence-electron chi connectivity index (χ0n) is 9.48. The van der Waals surface area contributed by atoms with Crippen molar-refractivity contribution in [3.63, 3.8) is 0 Å². The fourth-order valence-corrected chi connectivity index (χ4v) is 2.35. The van der Waals surface area contributed by atoms with Crippen molar-refractivity contribution in [1.29, 1.82) is 0 Å². The van der Waals surface area contributed by atoms with Crippen LogP contribution in [-0.4, -0.2) is 0 Å². The van der Waals surface area contributed by atoms with Gasteiger partial charge in [0.25, 0.3) is 0 Å². The highest BCUT2D eigenvalue weighted by atomic mass is 79.9. The third-order valence-corrected chi connectivity index (χ3v) is 4.27.